The number of rotatable bonds is 3. The SMILES string of the molecule is Cc1ccc(CN2CCCC(C)C2CN)nc1. The molecule has 2 rings (SSSR count). The minimum Gasteiger partial charge on any atom is -0.329 e. The lowest BCUT2D eigenvalue weighted by Crippen LogP contribution is -2.48. The molecule has 2 atom stereocenters. The molecule has 0 bridgehead atoms. The average Bonchev–Trinajstić information content (AvgIpc) is 2.32. The molecule has 2 N–H and O–H groups in total. The summed E-state index contributed by atoms with van der Waals surface area (Å²) in [5, 5.41) is 0. The van der Waals surface area contributed by atoms with Gasteiger partial charge in [-0.25, -0.2) is 0 Å². The van der Waals surface area contributed by atoms with E-state index in [-0.39, 0.29) is 0 Å². The molecule has 3 heteroatoms. The topological polar surface area (TPSA) is 42.1 Å². The second kappa shape index (κ2) is 5.61. The van der Waals surface area contributed by atoms with Crippen LogP contribution in [0.15, 0.2) is 18.3 Å². The highest BCUT2D eigenvalue weighted by Crippen LogP contribution is 2.23. The van der Waals surface area contributed by atoms with E-state index in [9.17, 15) is 0 Å². The molecule has 1 aromatic rings. The van der Waals surface area contributed by atoms with Crippen molar-refractivity contribution in [3.63, 3.8) is 0 Å². The summed E-state index contributed by atoms with van der Waals surface area (Å²) in [4.78, 5) is 6.98. The summed E-state index contributed by atoms with van der Waals surface area (Å²) in [6.07, 6.45) is 4.53. The Balaban J connectivity index is 2.03. The molecule has 2 heterocycles. The highest BCUT2D eigenvalue weighted by atomic mass is 15.2. The largest absolute Gasteiger partial charge is 0.329 e. The van der Waals surface area contributed by atoms with E-state index in [0.717, 1.165) is 25.3 Å². The van der Waals surface area contributed by atoms with Crippen LogP contribution in [0.4, 0.5) is 0 Å². The van der Waals surface area contributed by atoms with Gasteiger partial charge in [0.1, 0.15) is 0 Å². The molecule has 0 amide bonds. The highest BCUT2D eigenvalue weighted by molar-refractivity contribution is 5.12. The standard InChI is InChI=1S/C14H23N3/c1-11-5-6-13(16-9-11)10-17-7-3-4-12(2)14(17)8-15/h5-6,9,12,14H,3-4,7-8,10,15H2,1-2H3. The van der Waals surface area contributed by atoms with Crippen LogP contribution in [0.25, 0.3) is 0 Å². The summed E-state index contributed by atoms with van der Waals surface area (Å²) in [5.41, 5.74) is 8.27. The molecule has 0 saturated carbocycles. The molecule has 2 unspecified atom stereocenters. The number of hydrogen-bond donors (Lipinski definition) is 1. The zero-order chi connectivity index (χ0) is 12.3. The van der Waals surface area contributed by atoms with Gasteiger partial charge in [0, 0.05) is 25.3 Å². The van der Waals surface area contributed by atoms with Gasteiger partial charge in [-0.3, -0.25) is 9.88 Å². The first kappa shape index (κ1) is 12.5. The third-order valence-electron chi connectivity index (χ3n) is 3.81. The van der Waals surface area contributed by atoms with Gasteiger partial charge in [0.2, 0.25) is 0 Å². The normalized spacial score (nSPS) is 26.1. The van der Waals surface area contributed by atoms with Gasteiger partial charge in [-0.05, 0) is 43.9 Å². The van der Waals surface area contributed by atoms with Crippen molar-refractivity contribution in [2.75, 3.05) is 13.1 Å². The number of aromatic nitrogens is 1. The molecule has 0 radical (unpaired) electrons. The lowest BCUT2D eigenvalue weighted by Gasteiger charge is -2.39. The number of piperidine rings is 1. The van der Waals surface area contributed by atoms with Gasteiger partial charge in [0.05, 0.1) is 5.69 Å². The van der Waals surface area contributed by atoms with Crippen LogP contribution in [0.2, 0.25) is 0 Å². The molecule has 3 nitrogen and oxygen atoms in total. The fourth-order valence-electron chi connectivity index (χ4n) is 2.71. The van der Waals surface area contributed by atoms with E-state index in [1.165, 1.54) is 18.4 Å². The molecule has 0 spiro atoms. The highest BCUT2D eigenvalue weighted by Gasteiger charge is 2.27. The first-order valence-corrected chi connectivity index (χ1v) is 6.56. The van der Waals surface area contributed by atoms with Crippen LogP contribution in [0.1, 0.15) is 31.0 Å². The van der Waals surface area contributed by atoms with Crippen LogP contribution in [-0.4, -0.2) is 29.0 Å². The molecule has 1 saturated heterocycles. The van der Waals surface area contributed by atoms with Crippen LogP contribution < -0.4 is 5.73 Å². The Morgan fingerprint density at radius 2 is 2.29 bits per heavy atom. The number of nitrogens with two attached hydrogens (primary N) is 1. The summed E-state index contributed by atoms with van der Waals surface area (Å²) in [7, 11) is 0. The molecular formula is C14H23N3. The molecule has 1 fully saturated rings. The van der Waals surface area contributed by atoms with Crippen molar-refractivity contribution in [1.29, 1.82) is 0 Å². The lowest BCUT2D eigenvalue weighted by molar-refractivity contribution is 0.0978. The zero-order valence-electron chi connectivity index (χ0n) is 10.9. The number of nitrogens with zero attached hydrogens (tertiary/aromatic N) is 2. The van der Waals surface area contributed by atoms with Crippen LogP contribution in [-0.2, 0) is 6.54 Å². The zero-order valence-corrected chi connectivity index (χ0v) is 10.9. The minimum absolute atomic E-state index is 0.520. The van der Waals surface area contributed by atoms with Crippen LogP contribution in [0.3, 0.4) is 0 Å². The number of pyridine rings is 1. The Morgan fingerprint density at radius 1 is 1.47 bits per heavy atom. The van der Waals surface area contributed by atoms with Crippen molar-refractivity contribution in [3.8, 4) is 0 Å². The van der Waals surface area contributed by atoms with E-state index in [1.54, 1.807) is 0 Å². The van der Waals surface area contributed by atoms with Crippen molar-refractivity contribution >= 4 is 0 Å². The Labute approximate surface area is 104 Å². The van der Waals surface area contributed by atoms with Gasteiger partial charge in [-0.2, -0.15) is 0 Å². The molecule has 94 valence electrons. The molecular weight excluding hydrogens is 210 g/mol. The average molecular weight is 233 g/mol. The first-order chi connectivity index (χ1) is 8.20. The van der Waals surface area contributed by atoms with E-state index in [2.05, 4.69) is 35.9 Å². The number of likely N-dealkylation sites (tertiary alicyclic amines) is 1. The number of hydrogen-bond acceptors (Lipinski definition) is 3. The third kappa shape index (κ3) is 3.05. The van der Waals surface area contributed by atoms with Crippen molar-refractivity contribution < 1.29 is 0 Å². The first-order valence-electron chi connectivity index (χ1n) is 6.56. The Bertz CT molecular complexity index is 347. The predicted octanol–water partition coefficient (Wildman–Crippen LogP) is 1.95. The molecule has 1 aliphatic heterocycles. The molecule has 17 heavy (non-hydrogen) atoms. The smallest absolute Gasteiger partial charge is 0.0544 e. The van der Waals surface area contributed by atoms with E-state index in [1.807, 2.05) is 6.20 Å². The summed E-state index contributed by atoms with van der Waals surface area (Å²) in [5.74, 6) is 0.708. The maximum absolute atomic E-state index is 5.90. The van der Waals surface area contributed by atoms with Crippen molar-refractivity contribution in [1.82, 2.24) is 9.88 Å². The van der Waals surface area contributed by atoms with Gasteiger partial charge in [-0.15, -0.1) is 0 Å². The summed E-state index contributed by atoms with van der Waals surface area (Å²) in [6, 6.07) is 4.78. The van der Waals surface area contributed by atoms with Gasteiger partial charge >= 0.3 is 0 Å². The Hall–Kier alpha value is -0.930. The van der Waals surface area contributed by atoms with Gasteiger partial charge < -0.3 is 5.73 Å². The monoisotopic (exact) mass is 233 g/mol. The Morgan fingerprint density at radius 3 is 2.94 bits per heavy atom. The van der Waals surface area contributed by atoms with E-state index >= 15 is 0 Å². The molecule has 1 aliphatic rings. The minimum atomic E-state index is 0.520. The van der Waals surface area contributed by atoms with Crippen molar-refractivity contribution in [2.24, 2.45) is 11.7 Å². The fraction of sp³-hybridized carbons (Fsp3) is 0.643. The number of aryl methyl sites for hydroxylation is 1. The van der Waals surface area contributed by atoms with Crippen molar-refractivity contribution in [2.45, 2.75) is 39.3 Å². The Kier molecular flexibility index (Phi) is 4.13. The van der Waals surface area contributed by atoms with Gasteiger partial charge in [0.25, 0.3) is 0 Å². The molecule has 0 aliphatic carbocycles. The summed E-state index contributed by atoms with van der Waals surface area (Å²) >= 11 is 0. The maximum atomic E-state index is 5.90. The lowest BCUT2D eigenvalue weighted by atomic mass is 9.90. The fourth-order valence-corrected chi connectivity index (χ4v) is 2.71. The summed E-state index contributed by atoms with van der Waals surface area (Å²) in [6.45, 7) is 7.23. The van der Waals surface area contributed by atoms with Gasteiger partial charge in [-0.1, -0.05) is 13.0 Å². The molecule has 0 aromatic carbocycles. The quantitative estimate of drug-likeness (QED) is 0.867. The van der Waals surface area contributed by atoms with E-state index < -0.39 is 0 Å². The van der Waals surface area contributed by atoms with Crippen LogP contribution in [0, 0.1) is 12.8 Å². The van der Waals surface area contributed by atoms with Crippen molar-refractivity contribution in [3.05, 3.63) is 29.6 Å². The maximum Gasteiger partial charge on any atom is 0.0544 e. The summed E-state index contributed by atoms with van der Waals surface area (Å²) < 4.78 is 0. The predicted molar refractivity (Wildman–Crippen MR) is 70.6 cm³/mol. The molecule has 1 aromatic heterocycles. The second-order valence-electron chi connectivity index (χ2n) is 5.22. The van der Waals surface area contributed by atoms with Crippen LogP contribution >= 0.6 is 0 Å². The second-order valence-corrected chi connectivity index (χ2v) is 5.22. The van der Waals surface area contributed by atoms with Gasteiger partial charge in [0.15, 0.2) is 0 Å². The third-order valence-corrected chi connectivity index (χ3v) is 3.81. The van der Waals surface area contributed by atoms with Crippen LogP contribution in [0.5, 0.6) is 0 Å². The van der Waals surface area contributed by atoms with E-state index in [4.69, 9.17) is 5.73 Å². The van der Waals surface area contributed by atoms with E-state index in [0.29, 0.717) is 12.0 Å².